The smallest absolute Gasteiger partial charge is 0.0322 e. The van der Waals surface area contributed by atoms with E-state index in [0.717, 1.165) is 18.6 Å². The van der Waals surface area contributed by atoms with Crippen molar-refractivity contribution in [2.75, 3.05) is 12.0 Å². The highest BCUT2D eigenvalue weighted by molar-refractivity contribution is 7.84. The van der Waals surface area contributed by atoms with Crippen molar-refractivity contribution in [1.82, 2.24) is 5.32 Å². The van der Waals surface area contributed by atoms with E-state index in [1.165, 1.54) is 12.0 Å². The topological polar surface area (TPSA) is 29.1 Å². The minimum Gasteiger partial charge on any atom is -0.307 e. The molecule has 0 aliphatic heterocycles. The molecule has 0 amide bonds. The normalized spacial score (nSPS) is 16.2. The zero-order valence-corrected chi connectivity index (χ0v) is 12.5. The van der Waals surface area contributed by atoms with Gasteiger partial charge in [0.2, 0.25) is 0 Å². The quantitative estimate of drug-likeness (QED) is 0.783. The average Bonchev–Trinajstić information content (AvgIpc) is 2.37. The Balaban J connectivity index is 2.55. The van der Waals surface area contributed by atoms with Gasteiger partial charge in [-0.15, -0.1) is 0 Å². The predicted octanol–water partition coefficient (Wildman–Crippen LogP) is 3.27. The van der Waals surface area contributed by atoms with E-state index < -0.39 is 10.8 Å². The van der Waals surface area contributed by atoms with Gasteiger partial charge in [0, 0.05) is 34.9 Å². The maximum atomic E-state index is 11.1. The lowest BCUT2D eigenvalue weighted by Crippen LogP contribution is -2.31. The van der Waals surface area contributed by atoms with E-state index in [2.05, 4.69) is 49.5 Å². The second kappa shape index (κ2) is 8.44. The van der Waals surface area contributed by atoms with Gasteiger partial charge in [-0.1, -0.05) is 43.7 Å². The Kier molecular flexibility index (Phi) is 7.21. The molecule has 1 N–H and O–H groups in total. The zero-order valence-electron chi connectivity index (χ0n) is 11.7. The summed E-state index contributed by atoms with van der Waals surface area (Å²) in [7, 11) is -0.689. The third-order valence-electron chi connectivity index (χ3n) is 3.10. The molecule has 1 aromatic rings. The number of rotatable bonds is 8. The molecular weight excluding hydrogens is 242 g/mol. The fourth-order valence-corrected chi connectivity index (χ4v) is 2.78. The molecule has 0 radical (unpaired) electrons. The average molecular weight is 267 g/mol. The molecule has 102 valence electrons. The van der Waals surface area contributed by atoms with E-state index >= 15 is 0 Å². The molecule has 0 saturated heterocycles. The van der Waals surface area contributed by atoms with Crippen molar-refractivity contribution in [2.24, 2.45) is 0 Å². The minimum atomic E-state index is -0.689. The van der Waals surface area contributed by atoms with E-state index in [0.29, 0.717) is 12.1 Å². The van der Waals surface area contributed by atoms with Gasteiger partial charge < -0.3 is 5.32 Å². The Morgan fingerprint density at radius 3 is 2.44 bits per heavy atom. The molecule has 0 bridgehead atoms. The van der Waals surface area contributed by atoms with Crippen LogP contribution in [0.5, 0.6) is 0 Å². The van der Waals surface area contributed by atoms with Gasteiger partial charge in [0.15, 0.2) is 0 Å². The molecule has 3 atom stereocenters. The van der Waals surface area contributed by atoms with Crippen LogP contribution >= 0.6 is 0 Å². The first-order valence-corrected chi connectivity index (χ1v) is 8.47. The molecule has 18 heavy (non-hydrogen) atoms. The number of hydrogen-bond donors (Lipinski definition) is 1. The van der Waals surface area contributed by atoms with Crippen LogP contribution in [-0.2, 0) is 10.8 Å². The maximum Gasteiger partial charge on any atom is 0.0322 e. The second-order valence-corrected chi connectivity index (χ2v) is 6.44. The van der Waals surface area contributed by atoms with Gasteiger partial charge in [-0.05, 0) is 25.3 Å². The van der Waals surface area contributed by atoms with Gasteiger partial charge in [-0.2, -0.15) is 0 Å². The largest absolute Gasteiger partial charge is 0.307 e. The molecule has 0 aliphatic rings. The highest BCUT2D eigenvalue weighted by Gasteiger charge is 2.13. The van der Waals surface area contributed by atoms with Crippen LogP contribution in [0.1, 0.15) is 44.7 Å². The Morgan fingerprint density at radius 2 is 1.89 bits per heavy atom. The van der Waals surface area contributed by atoms with Crippen molar-refractivity contribution in [2.45, 2.75) is 45.2 Å². The van der Waals surface area contributed by atoms with Crippen LogP contribution in [0.25, 0.3) is 0 Å². The van der Waals surface area contributed by atoms with Crippen LogP contribution in [0.15, 0.2) is 30.3 Å². The maximum absolute atomic E-state index is 11.1. The Labute approximate surface area is 114 Å². The SMILES string of the molecule is CCCC(NC(C)CCS(C)=O)c1ccccc1. The molecule has 0 spiro atoms. The molecule has 0 aliphatic carbocycles. The second-order valence-electron chi connectivity index (χ2n) is 4.89. The lowest BCUT2D eigenvalue weighted by Gasteiger charge is -2.23. The monoisotopic (exact) mass is 267 g/mol. The Morgan fingerprint density at radius 1 is 1.22 bits per heavy atom. The summed E-state index contributed by atoms with van der Waals surface area (Å²) in [6.07, 6.45) is 5.05. The van der Waals surface area contributed by atoms with Crippen molar-refractivity contribution in [1.29, 1.82) is 0 Å². The van der Waals surface area contributed by atoms with Crippen LogP contribution in [0.3, 0.4) is 0 Å². The van der Waals surface area contributed by atoms with Gasteiger partial charge in [0.05, 0.1) is 0 Å². The molecule has 2 nitrogen and oxygen atoms in total. The third kappa shape index (κ3) is 5.78. The molecule has 0 fully saturated rings. The van der Waals surface area contributed by atoms with E-state index in [1.54, 1.807) is 6.26 Å². The molecule has 0 saturated carbocycles. The zero-order chi connectivity index (χ0) is 13.4. The van der Waals surface area contributed by atoms with Crippen LogP contribution in [0.2, 0.25) is 0 Å². The minimum absolute atomic E-state index is 0.408. The summed E-state index contributed by atoms with van der Waals surface area (Å²) in [5, 5.41) is 3.66. The molecule has 3 heteroatoms. The van der Waals surface area contributed by atoms with Crippen molar-refractivity contribution in [3.05, 3.63) is 35.9 Å². The standard InChI is InChI=1S/C15H25NOS/c1-4-8-15(14-9-6-5-7-10-14)16-13(2)11-12-18(3)17/h5-7,9-10,13,15-16H,4,8,11-12H2,1-3H3. The van der Waals surface area contributed by atoms with Gasteiger partial charge >= 0.3 is 0 Å². The van der Waals surface area contributed by atoms with E-state index in [-0.39, 0.29) is 0 Å². The first-order valence-electron chi connectivity index (χ1n) is 6.74. The van der Waals surface area contributed by atoms with Crippen LogP contribution in [0.4, 0.5) is 0 Å². The van der Waals surface area contributed by atoms with Gasteiger partial charge in [-0.25, -0.2) is 0 Å². The Bertz CT molecular complexity index is 353. The molecule has 0 aromatic heterocycles. The lowest BCUT2D eigenvalue weighted by molar-refractivity contribution is 0.424. The van der Waals surface area contributed by atoms with E-state index in [1.807, 2.05) is 0 Å². The third-order valence-corrected chi connectivity index (χ3v) is 3.91. The molecule has 3 unspecified atom stereocenters. The van der Waals surface area contributed by atoms with Crippen molar-refractivity contribution in [3.8, 4) is 0 Å². The molecule has 1 aromatic carbocycles. The van der Waals surface area contributed by atoms with Crippen LogP contribution in [0, 0.1) is 0 Å². The summed E-state index contributed by atoms with van der Waals surface area (Å²) in [5.41, 5.74) is 1.35. The molecular formula is C15H25NOS. The predicted molar refractivity (Wildman–Crippen MR) is 80.2 cm³/mol. The van der Waals surface area contributed by atoms with Crippen molar-refractivity contribution < 1.29 is 4.21 Å². The number of nitrogens with one attached hydrogen (secondary N) is 1. The first-order chi connectivity index (χ1) is 8.63. The fraction of sp³-hybridized carbons (Fsp3) is 0.600. The van der Waals surface area contributed by atoms with Gasteiger partial charge in [0.1, 0.15) is 0 Å². The van der Waals surface area contributed by atoms with E-state index in [9.17, 15) is 4.21 Å². The number of benzene rings is 1. The molecule has 0 heterocycles. The Hall–Kier alpha value is -0.670. The molecule has 1 rings (SSSR count). The summed E-state index contributed by atoms with van der Waals surface area (Å²) in [4.78, 5) is 0. The lowest BCUT2D eigenvalue weighted by atomic mass is 10.0. The summed E-state index contributed by atoms with van der Waals surface area (Å²) in [6.45, 7) is 4.39. The van der Waals surface area contributed by atoms with Gasteiger partial charge in [-0.3, -0.25) is 4.21 Å². The highest BCUT2D eigenvalue weighted by Crippen LogP contribution is 2.19. The van der Waals surface area contributed by atoms with Crippen molar-refractivity contribution >= 4 is 10.8 Å². The van der Waals surface area contributed by atoms with Crippen LogP contribution < -0.4 is 5.32 Å². The van der Waals surface area contributed by atoms with Crippen LogP contribution in [-0.4, -0.2) is 22.3 Å². The summed E-state index contributed by atoms with van der Waals surface area (Å²) in [5.74, 6) is 0.780. The van der Waals surface area contributed by atoms with Gasteiger partial charge in [0.25, 0.3) is 0 Å². The summed E-state index contributed by atoms with van der Waals surface area (Å²) < 4.78 is 11.1. The van der Waals surface area contributed by atoms with Crippen molar-refractivity contribution in [3.63, 3.8) is 0 Å². The summed E-state index contributed by atoms with van der Waals surface area (Å²) in [6, 6.07) is 11.4. The fourth-order valence-electron chi connectivity index (χ4n) is 2.09. The summed E-state index contributed by atoms with van der Waals surface area (Å²) >= 11 is 0. The highest BCUT2D eigenvalue weighted by atomic mass is 32.2. The number of hydrogen-bond acceptors (Lipinski definition) is 2. The first kappa shape index (κ1) is 15.4. The van der Waals surface area contributed by atoms with E-state index in [4.69, 9.17) is 0 Å².